The van der Waals surface area contributed by atoms with Crippen molar-refractivity contribution in [2.24, 2.45) is 0 Å². The van der Waals surface area contributed by atoms with Gasteiger partial charge in [-0.3, -0.25) is 4.79 Å². The number of phenols is 1. The maximum absolute atomic E-state index is 10.6. The fourth-order valence-electron chi connectivity index (χ4n) is 2.06. The second-order valence-corrected chi connectivity index (χ2v) is 6.15. The summed E-state index contributed by atoms with van der Waals surface area (Å²) in [6.07, 6.45) is 3.14. The van der Waals surface area contributed by atoms with E-state index in [-0.39, 0.29) is 5.75 Å². The van der Waals surface area contributed by atoms with Gasteiger partial charge in [-0.15, -0.1) is 11.8 Å². The maximum Gasteiger partial charge on any atom is 0.211 e. The third-order valence-corrected chi connectivity index (χ3v) is 4.64. The Balaban J connectivity index is 1.99. The van der Waals surface area contributed by atoms with Gasteiger partial charge in [0, 0.05) is 10.1 Å². The zero-order chi connectivity index (χ0) is 13.9. The third kappa shape index (κ3) is 2.80. The van der Waals surface area contributed by atoms with Crippen LogP contribution in [0.4, 0.5) is 5.69 Å². The van der Waals surface area contributed by atoms with Gasteiger partial charge < -0.3 is 10.4 Å². The summed E-state index contributed by atoms with van der Waals surface area (Å²) in [7, 11) is 0. The highest BCUT2D eigenvalue weighted by atomic mass is 32.2. The van der Waals surface area contributed by atoms with Crippen molar-refractivity contribution in [3.05, 3.63) is 42.5 Å². The lowest BCUT2D eigenvalue weighted by atomic mass is 10.0. The third-order valence-electron chi connectivity index (χ3n) is 3.23. The van der Waals surface area contributed by atoms with Crippen LogP contribution in [0.1, 0.15) is 12.8 Å². The summed E-state index contributed by atoms with van der Waals surface area (Å²) in [5, 5.41) is 13.0. The Kier molecular flexibility index (Phi) is 3.65. The minimum Gasteiger partial charge on any atom is -0.506 e. The van der Waals surface area contributed by atoms with Crippen molar-refractivity contribution in [1.82, 2.24) is 0 Å². The van der Waals surface area contributed by atoms with E-state index in [4.69, 9.17) is 0 Å². The van der Waals surface area contributed by atoms with Crippen LogP contribution in [0.5, 0.6) is 5.75 Å². The molecule has 0 saturated heterocycles. The SMILES string of the molecule is O=CNc1cc(-c2ccccc2SC2CC2)ccc1O. The van der Waals surface area contributed by atoms with E-state index in [1.54, 1.807) is 12.1 Å². The van der Waals surface area contributed by atoms with Crippen LogP contribution < -0.4 is 5.32 Å². The number of hydrogen-bond donors (Lipinski definition) is 2. The van der Waals surface area contributed by atoms with Crippen LogP contribution in [-0.4, -0.2) is 16.8 Å². The van der Waals surface area contributed by atoms with Gasteiger partial charge in [0.25, 0.3) is 0 Å². The molecular formula is C16H15NO2S. The Bertz CT molecular complexity index is 638. The number of phenolic OH excluding ortho intramolecular Hbond substituents is 1. The zero-order valence-corrected chi connectivity index (χ0v) is 11.7. The first-order valence-electron chi connectivity index (χ1n) is 6.57. The summed E-state index contributed by atoms with van der Waals surface area (Å²) in [5.74, 6) is 0.0770. The van der Waals surface area contributed by atoms with E-state index in [0.29, 0.717) is 12.1 Å². The van der Waals surface area contributed by atoms with Crippen molar-refractivity contribution in [2.45, 2.75) is 23.0 Å². The molecule has 20 heavy (non-hydrogen) atoms. The molecule has 1 saturated carbocycles. The number of anilines is 1. The lowest BCUT2D eigenvalue weighted by Crippen LogP contribution is -1.94. The molecule has 0 bridgehead atoms. The quantitative estimate of drug-likeness (QED) is 0.647. The molecule has 1 amide bonds. The molecule has 1 aliphatic rings. The van der Waals surface area contributed by atoms with Crippen LogP contribution >= 0.6 is 11.8 Å². The van der Waals surface area contributed by atoms with Crippen molar-refractivity contribution in [3.63, 3.8) is 0 Å². The van der Waals surface area contributed by atoms with Crippen LogP contribution in [-0.2, 0) is 4.79 Å². The molecule has 2 N–H and O–H groups in total. The predicted octanol–water partition coefficient (Wildman–Crippen LogP) is 3.88. The smallest absolute Gasteiger partial charge is 0.211 e. The fourth-order valence-corrected chi connectivity index (χ4v) is 3.26. The molecule has 2 aromatic rings. The molecule has 3 nitrogen and oxygen atoms in total. The highest BCUT2D eigenvalue weighted by Gasteiger charge is 2.23. The second kappa shape index (κ2) is 5.59. The summed E-state index contributed by atoms with van der Waals surface area (Å²) < 4.78 is 0. The normalized spacial score (nSPS) is 14.0. The van der Waals surface area contributed by atoms with Gasteiger partial charge in [0.2, 0.25) is 6.41 Å². The fraction of sp³-hybridized carbons (Fsp3) is 0.188. The standard InChI is InChI=1S/C16H15NO2S/c18-10-17-14-9-11(5-8-15(14)19)13-3-1-2-4-16(13)20-12-6-7-12/h1-5,8-10,12,19H,6-7H2,(H,17,18). The van der Waals surface area contributed by atoms with Gasteiger partial charge in [-0.05, 0) is 42.2 Å². The minimum atomic E-state index is 0.0770. The van der Waals surface area contributed by atoms with E-state index >= 15 is 0 Å². The van der Waals surface area contributed by atoms with Crippen LogP contribution in [0, 0.1) is 0 Å². The molecule has 1 aliphatic carbocycles. The summed E-state index contributed by atoms with van der Waals surface area (Å²) >= 11 is 1.90. The first-order chi connectivity index (χ1) is 9.78. The Hall–Kier alpha value is -1.94. The van der Waals surface area contributed by atoms with Gasteiger partial charge in [0.05, 0.1) is 5.69 Å². The Morgan fingerprint density at radius 2 is 2.00 bits per heavy atom. The van der Waals surface area contributed by atoms with Gasteiger partial charge >= 0.3 is 0 Å². The van der Waals surface area contributed by atoms with Crippen molar-refractivity contribution < 1.29 is 9.90 Å². The first-order valence-corrected chi connectivity index (χ1v) is 7.45. The Morgan fingerprint density at radius 1 is 1.20 bits per heavy atom. The average molecular weight is 285 g/mol. The summed E-state index contributed by atoms with van der Waals surface area (Å²) in [6.45, 7) is 0. The Morgan fingerprint density at radius 3 is 2.75 bits per heavy atom. The number of carbonyl (C=O) groups is 1. The molecule has 0 spiro atoms. The average Bonchev–Trinajstić information content (AvgIpc) is 3.26. The molecule has 4 heteroatoms. The zero-order valence-electron chi connectivity index (χ0n) is 10.9. The minimum absolute atomic E-state index is 0.0770. The molecule has 0 unspecified atom stereocenters. The van der Waals surface area contributed by atoms with E-state index in [1.165, 1.54) is 17.7 Å². The largest absolute Gasteiger partial charge is 0.506 e. The van der Waals surface area contributed by atoms with Crippen molar-refractivity contribution in [2.75, 3.05) is 5.32 Å². The van der Waals surface area contributed by atoms with Gasteiger partial charge in [-0.25, -0.2) is 0 Å². The molecule has 0 atom stereocenters. The molecule has 102 valence electrons. The molecule has 0 aliphatic heterocycles. The van der Waals surface area contributed by atoms with Crippen molar-refractivity contribution in [3.8, 4) is 16.9 Å². The van der Waals surface area contributed by atoms with Crippen molar-refractivity contribution in [1.29, 1.82) is 0 Å². The number of aromatic hydroxyl groups is 1. The molecule has 3 rings (SSSR count). The first kappa shape index (κ1) is 13.1. The number of benzene rings is 2. The number of nitrogens with one attached hydrogen (secondary N) is 1. The van der Waals surface area contributed by atoms with E-state index in [9.17, 15) is 9.90 Å². The van der Waals surface area contributed by atoms with Gasteiger partial charge in [0.15, 0.2) is 0 Å². The highest BCUT2D eigenvalue weighted by Crippen LogP contribution is 2.43. The number of thioether (sulfide) groups is 1. The van der Waals surface area contributed by atoms with Gasteiger partial charge in [-0.2, -0.15) is 0 Å². The molecule has 2 aromatic carbocycles. The number of rotatable bonds is 5. The topological polar surface area (TPSA) is 49.3 Å². The second-order valence-electron chi connectivity index (χ2n) is 4.81. The van der Waals surface area contributed by atoms with Crippen LogP contribution in [0.3, 0.4) is 0 Å². The molecular weight excluding hydrogens is 270 g/mol. The van der Waals surface area contributed by atoms with Gasteiger partial charge in [-0.1, -0.05) is 24.3 Å². The maximum atomic E-state index is 10.6. The summed E-state index contributed by atoms with van der Waals surface area (Å²) in [6, 6.07) is 13.5. The van der Waals surface area contributed by atoms with E-state index in [1.807, 2.05) is 30.0 Å². The van der Waals surface area contributed by atoms with Gasteiger partial charge in [0.1, 0.15) is 5.75 Å². The molecule has 0 radical (unpaired) electrons. The lowest BCUT2D eigenvalue weighted by molar-refractivity contribution is -0.105. The highest BCUT2D eigenvalue weighted by molar-refractivity contribution is 8.00. The lowest BCUT2D eigenvalue weighted by Gasteiger charge is -2.11. The van der Waals surface area contributed by atoms with Crippen molar-refractivity contribution >= 4 is 23.9 Å². The van der Waals surface area contributed by atoms with Crippen LogP contribution in [0.15, 0.2) is 47.4 Å². The van der Waals surface area contributed by atoms with Crippen LogP contribution in [0.2, 0.25) is 0 Å². The van der Waals surface area contributed by atoms with Crippen LogP contribution in [0.25, 0.3) is 11.1 Å². The molecule has 0 heterocycles. The number of hydrogen-bond acceptors (Lipinski definition) is 3. The summed E-state index contributed by atoms with van der Waals surface area (Å²) in [5.41, 5.74) is 2.57. The predicted molar refractivity (Wildman–Crippen MR) is 82.1 cm³/mol. The van der Waals surface area contributed by atoms with E-state index in [0.717, 1.165) is 16.4 Å². The Labute approximate surface area is 122 Å². The monoisotopic (exact) mass is 285 g/mol. The van der Waals surface area contributed by atoms with E-state index in [2.05, 4.69) is 17.4 Å². The number of amides is 1. The molecule has 1 fully saturated rings. The molecule has 0 aromatic heterocycles. The summed E-state index contributed by atoms with van der Waals surface area (Å²) in [4.78, 5) is 11.8. The van der Waals surface area contributed by atoms with E-state index < -0.39 is 0 Å². The number of carbonyl (C=O) groups excluding carboxylic acids is 1.